The van der Waals surface area contributed by atoms with Crippen LogP contribution in [0.3, 0.4) is 0 Å². The largest absolute Gasteiger partial charge is 0.298 e. The Morgan fingerprint density at radius 2 is 2.24 bits per heavy atom. The number of hydrogen-bond acceptors (Lipinski definition) is 4. The number of aromatic nitrogens is 1. The van der Waals surface area contributed by atoms with Gasteiger partial charge in [0.25, 0.3) is 0 Å². The summed E-state index contributed by atoms with van der Waals surface area (Å²) in [6, 6.07) is 5.77. The fourth-order valence-corrected chi connectivity index (χ4v) is 2.77. The van der Waals surface area contributed by atoms with Crippen LogP contribution in [-0.4, -0.2) is 10.8 Å². The number of aryl methyl sites for hydroxylation is 2. The van der Waals surface area contributed by atoms with Gasteiger partial charge in [0.1, 0.15) is 5.01 Å². The number of thiazole rings is 1. The second kappa shape index (κ2) is 6.55. The van der Waals surface area contributed by atoms with Gasteiger partial charge >= 0.3 is 0 Å². The molecule has 0 radical (unpaired) electrons. The minimum absolute atomic E-state index is 0.0305. The van der Waals surface area contributed by atoms with Gasteiger partial charge in [-0.3, -0.25) is 4.79 Å². The molecule has 1 atom stereocenters. The molecular weight excluding hydrogens is 294 g/mol. The van der Waals surface area contributed by atoms with Crippen molar-refractivity contribution < 1.29 is 13.6 Å². The molecule has 0 N–H and O–H groups in total. The summed E-state index contributed by atoms with van der Waals surface area (Å²) in [5.74, 6) is -3.16. The number of halogens is 2. The van der Waals surface area contributed by atoms with E-state index in [9.17, 15) is 13.6 Å². The number of benzene rings is 1. The molecule has 1 heterocycles. The Hall–Kier alpha value is -2.13. The molecule has 2 aromatic rings. The topological polar surface area (TPSA) is 53.8 Å². The van der Waals surface area contributed by atoms with Gasteiger partial charge in [-0.25, -0.2) is 13.8 Å². The minimum atomic E-state index is -0.944. The third-order valence-electron chi connectivity index (χ3n) is 3.01. The predicted octanol–water partition coefficient (Wildman–Crippen LogP) is 3.54. The molecule has 0 fully saturated rings. The van der Waals surface area contributed by atoms with Crippen molar-refractivity contribution in [1.29, 1.82) is 5.26 Å². The third-order valence-corrected chi connectivity index (χ3v) is 4.03. The lowest BCUT2D eigenvalue weighted by Crippen LogP contribution is -2.12. The van der Waals surface area contributed by atoms with Crippen LogP contribution in [0.2, 0.25) is 0 Å². The van der Waals surface area contributed by atoms with Crippen LogP contribution in [0.4, 0.5) is 8.78 Å². The summed E-state index contributed by atoms with van der Waals surface area (Å²) < 4.78 is 26.6. The highest BCUT2D eigenvalue weighted by atomic mass is 32.1. The second-order valence-corrected chi connectivity index (χ2v) is 5.46. The molecule has 0 spiro atoms. The van der Waals surface area contributed by atoms with Gasteiger partial charge in [0.2, 0.25) is 0 Å². The van der Waals surface area contributed by atoms with E-state index in [2.05, 4.69) is 4.98 Å². The molecule has 21 heavy (non-hydrogen) atoms. The molecule has 0 aliphatic heterocycles. The van der Waals surface area contributed by atoms with E-state index in [1.54, 1.807) is 12.3 Å². The summed E-state index contributed by atoms with van der Waals surface area (Å²) in [6.07, 6.45) is 0.0300. The zero-order valence-corrected chi connectivity index (χ0v) is 12.1. The predicted molar refractivity (Wildman–Crippen MR) is 74.9 cm³/mol. The highest BCUT2D eigenvalue weighted by Crippen LogP contribution is 2.23. The van der Waals surface area contributed by atoms with Gasteiger partial charge in [-0.15, -0.1) is 11.3 Å². The second-order valence-electron chi connectivity index (χ2n) is 4.57. The van der Waals surface area contributed by atoms with Gasteiger partial charge in [-0.2, -0.15) is 5.26 Å². The molecule has 0 bridgehead atoms. The van der Waals surface area contributed by atoms with Gasteiger partial charge in [0.05, 0.1) is 6.07 Å². The summed E-state index contributed by atoms with van der Waals surface area (Å²) in [4.78, 5) is 16.2. The van der Waals surface area contributed by atoms with E-state index in [0.29, 0.717) is 5.01 Å². The number of carbonyl (C=O) groups is 1. The lowest BCUT2D eigenvalue weighted by atomic mass is 9.99. The number of hydrogen-bond donors (Lipinski definition) is 0. The van der Waals surface area contributed by atoms with E-state index in [4.69, 9.17) is 5.26 Å². The first-order valence-corrected chi connectivity index (χ1v) is 7.18. The molecule has 1 aromatic heterocycles. The molecule has 0 amide bonds. The molecule has 108 valence electrons. The van der Waals surface area contributed by atoms with Crippen molar-refractivity contribution in [2.24, 2.45) is 0 Å². The minimum Gasteiger partial charge on any atom is -0.298 e. The molecule has 2 rings (SSSR count). The maximum atomic E-state index is 13.5. The summed E-state index contributed by atoms with van der Waals surface area (Å²) >= 11 is 1.25. The van der Waals surface area contributed by atoms with Crippen LogP contribution >= 0.6 is 11.3 Å². The Morgan fingerprint density at radius 1 is 1.48 bits per heavy atom. The number of nitriles is 1. The quantitative estimate of drug-likeness (QED) is 0.849. The third kappa shape index (κ3) is 3.50. The van der Waals surface area contributed by atoms with E-state index in [0.717, 1.165) is 11.8 Å². The highest BCUT2D eigenvalue weighted by molar-refractivity contribution is 7.09. The van der Waals surface area contributed by atoms with Crippen LogP contribution in [0.5, 0.6) is 0 Å². The fraction of sp³-hybridized carbons (Fsp3) is 0.267. The molecule has 0 aliphatic carbocycles. The van der Waals surface area contributed by atoms with E-state index >= 15 is 0 Å². The number of nitrogens with zero attached hydrogens (tertiary/aromatic N) is 2. The summed E-state index contributed by atoms with van der Waals surface area (Å²) in [6.45, 7) is 1.78. The fourth-order valence-electron chi connectivity index (χ4n) is 1.91. The molecule has 3 nitrogen and oxygen atoms in total. The lowest BCUT2D eigenvalue weighted by Gasteiger charge is -2.06. The Morgan fingerprint density at radius 3 is 2.86 bits per heavy atom. The van der Waals surface area contributed by atoms with Gasteiger partial charge in [0, 0.05) is 17.5 Å². The van der Waals surface area contributed by atoms with Gasteiger partial charge in [-0.05, 0) is 25.0 Å². The first kappa shape index (κ1) is 15.3. The van der Waals surface area contributed by atoms with E-state index in [-0.39, 0.29) is 24.2 Å². The Bertz CT molecular complexity index is 706. The average molecular weight is 306 g/mol. The van der Waals surface area contributed by atoms with Crippen molar-refractivity contribution in [2.75, 3.05) is 0 Å². The van der Waals surface area contributed by atoms with E-state index < -0.39 is 17.6 Å². The smallest absolute Gasteiger partial charge is 0.162 e. The average Bonchev–Trinajstić information content (AvgIpc) is 2.87. The normalized spacial score (nSPS) is 11.9. The standard InChI is InChI=1S/C15H12F2N2OS/c1-9-8-21-15(19-9)11(7-18)13(20)6-5-10-3-2-4-12(16)14(10)17/h2-4,8,11H,5-6H2,1H3/t11-/m1/s1. The maximum absolute atomic E-state index is 13.5. The van der Waals surface area contributed by atoms with Crippen molar-refractivity contribution in [3.8, 4) is 6.07 Å². The number of Topliss-reactive ketones (excluding diaryl/α,β-unsaturated/α-hetero) is 1. The van der Waals surface area contributed by atoms with Crippen LogP contribution in [-0.2, 0) is 11.2 Å². The monoisotopic (exact) mass is 306 g/mol. The van der Waals surface area contributed by atoms with Crippen LogP contribution < -0.4 is 0 Å². The number of ketones is 1. The number of rotatable bonds is 5. The summed E-state index contributed by atoms with van der Waals surface area (Å²) in [7, 11) is 0. The van der Waals surface area contributed by atoms with Gasteiger partial charge in [-0.1, -0.05) is 12.1 Å². The van der Waals surface area contributed by atoms with Crippen molar-refractivity contribution in [3.63, 3.8) is 0 Å². The van der Waals surface area contributed by atoms with Crippen LogP contribution in [0, 0.1) is 29.9 Å². The molecule has 1 aromatic carbocycles. The molecular formula is C15H12F2N2OS. The van der Waals surface area contributed by atoms with E-state index in [1.165, 1.54) is 23.5 Å². The first-order chi connectivity index (χ1) is 10.0. The van der Waals surface area contributed by atoms with Crippen LogP contribution in [0.15, 0.2) is 23.6 Å². The van der Waals surface area contributed by atoms with Crippen LogP contribution in [0.25, 0.3) is 0 Å². The SMILES string of the molecule is Cc1csc([C@H](C#N)C(=O)CCc2cccc(F)c2F)n1. The molecule has 0 saturated heterocycles. The molecule has 6 heteroatoms. The zero-order valence-electron chi connectivity index (χ0n) is 11.3. The zero-order chi connectivity index (χ0) is 15.4. The van der Waals surface area contributed by atoms with Crippen molar-refractivity contribution in [3.05, 3.63) is 51.5 Å². The summed E-state index contributed by atoms with van der Waals surface area (Å²) in [5, 5.41) is 11.3. The lowest BCUT2D eigenvalue weighted by molar-refractivity contribution is -0.119. The first-order valence-electron chi connectivity index (χ1n) is 6.30. The maximum Gasteiger partial charge on any atom is 0.162 e. The Labute approximate surface area is 124 Å². The van der Waals surface area contributed by atoms with E-state index in [1.807, 2.05) is 6.07 Å². The van der Waals surface area contributed by atoms with Crippen molar-refractivity contribution in [1.82, 2.24) is 4.98 Å². The van der Waals surface area contributed by atoms with Crippen molar-refractivity contribution >= 4 is 17.1 Å². The van der Waals surface area contributed by atoms with Crippen molar-refractivity contribution in [2.45, 2.75) is 25.7 Å². The molecule has 0 aliphatic rings. The number of carbonyl (C=O) groups excluding carboxylic acids is 1. The Balaban J connectivity index is 2.07. The van der Waals surface area contributed by atoms with Gasteiger partial charge < -0.3 is 0 Å². The molecule has 0 saturated carbocycles. The van der Waals surface area contributed by atoms with Gasteiger partial charge in [0.15, 0.2) is 23.3 Å². The van der Waals surface area contributed by atoms with Crippen LogP contribution in [0.1, 0.15) is 28.6 Å². The summed E-state index contributed by atoms with van der Waals surface area (Å²) in [5.41, 5.74) is 0.884. The Kier molecular flexibility index (Phi) is 4.76. The highest BCUT2D eigenvalue weighted by Gasteiger charge is 2.23. The molecule has 0 unspecified atom stereocenters.